The molecule has 0 aliphatic rings. The van der Waals surface area contributed by atoms with Gasteiger partial charge in [0.25, 0.3) is 0 Å². The van der Waals surface area contributed by atoms with E-state index in [1.807, 2.05) is 24.5 Å². The monoisotopic (exact) mass is 344 g/mol. The molecule has 0 atom stereocenters. The van der Waals surface area contributed by atoms with E-state index < -0.39 is 11.7 Å². The average molecular weight is 345 g/mol. The van der Waals surface area contributed by atoms with Gasteiger partial charge in [0.2, 0.25) is 0 Å². The van der Waals surface area contributed by atoms with Crippen molar-refractivity contribution in [3.05, 3.63) is 59.7 Å². The van der Waals surface area contributed by atoms with Gasteiger partial charge in [-0.15, -0.1) is 11.8 Å². The van der Waals surface area contributed by atoms with Crippen LogP contribution in [0.3, 0.4) is 0 Å². The summed E-state index contributed by atoms with van der Waals surface area (Å²) in [6, 6.07) is 12.1. The van der Waals surface area contributed by atoms with Crippen molar-refractivity contribution in [1.29, 1.82) is 0 Å². The highest BCUT2D eigenvalue weighted by Gasteiger charge is 2.29. The number of nitrogens with zero attached hydrogens (tertiary/aromatic N) is 1. The quantitative estimate of drug-likeness (QED) is 0.453. The zero-order chi connectivity index (χ0) is 16.2. The van der Waals surface area contributed by atoms with Crippen LogP contribution in [0.25, 0.3) is 0 Å². The van der Waals surface area contributed by atoms with Crippen LogP contribution in [-0.4, -0.2) is 11.4 Å². The van der Waals surface area contributed by atoms with Crippen molar-refractivity contribution in [2.24, 2.45) is 5.10 Å². The highest BCUT2D eigenvalue weighted by Crippen LogP contribution is 2.29. The topological polar surface area (TPSA) is 24.4 Å². The van der Waals surface area contributed by atoms with Crippen molar-refractivity contribution in [1.82, 2.24) is 0 Å². The molecule has 2 aromatic rings. The maximum absolute atomic E-state index is 12.5. The van der Waals surface area contributed by atoms with Crippen LogP contribution in [0.4, 0.5) is 18.9 Å². The minimum atomic E-state index is -4.35. The van der Waals surface area contributed by atoms with Gasteiger partial charge in [-0.2, -0.15) is 18.3 Å². The molecule has 0 bridgehead atoms. The standard InChI is InChI=1S/C15H12ClF3N2S/c1-22-13-4-2-3-10(9-13)14(16)21-20-12-7-5-11(6-8-12)15(17,18)19/h2-9,20H,1H3. The smallest absolute Gasteiger partial charge is 0.277 e. The van der Waals surface area contributed by atoms with Crippen molar-refractivity contribution in [3.8, 4) is 0 Å². The van der Waals surface area contributed by atoms with E-state index in [1.54, 1.807) is 17.8 Å². The van der Waals surface area contributed by atoms with Crippen LogP contribution in [0, 0.1) is 0 Å². The highest BCUT2D eigenvalue weighted by atomic mass is 35.5. The number of hydrazone groups is 1. The molecule has 1 N–H and O–H groups in total. The van der Waals surface area contributed by atoms with Crippen LogP contribution in [0.15, 0.2) is 58.5 Å². The Balaban J connectivity index is 2.10. The number of hydrogen-bond donors (Lipinski definition) is 1. The van der Waals surface area contributed by atoms with Crippen molar-refractivity contribution in [2.45, 2.75) is 11.1 Å². The van der Waals surface area contributed by atoms with E-state index in [-0.39, 0.29) is 5.17 Å². The van der Waals surface area contributed by atoms with Gasteiger partial charge >= 0.3 is 6.18 Å². The zero-order valence-corrected chi connectivity index (χ0v) is 13.1. The second kappa shape index (κ2) is 7.07. The third-order valence-electron chi connectivity index (χ3n) is 2.80. The van der Waals surface area contributed by atoms with Gasteiger partial charge in [0.05, 0.1) is 11.3 Å². The minimum absolute atomic E-state index is 0.232. The van der Waals surface area contributed by atoms with Gasteiger partial charge in [0.1, 0.15) is 0 Å². The number of alkyl halides is 3. The van der Waals surface area contributed by atoms with Crippen LogP contribution in [0.5, 0.6) is 0 Å². The van der Waals surface area contributed by atoms with Gasteiger partial charge in [0.15, 0.2) is 5.17 Å². The Morgan fingerprint density at radius 2 is 1.82 bits per heavy atom. The summed E-state index contributed by atoms with van der Waals surface area (Å²) in [6.45, 7) is 0. The summed E-state index contributed by atoms with van der Waals surface area (Å²) in [4.78, 5) is 1.04. The van der Waals surface area contributed by atoms with Gasteiger partial charge in [0, 0.05) is 10.5 Å². The number of anilines is 1. The van der Waals surface area contributed by atoms with Crippen molar-refractivity contribution < 1.29 is 13.2 Å². The Hall–Kier alpha value is -1.66. The summed E-state index contributed by atoms with van der Waals surface area (Å²) in [5.74, 6) is 0. The first-order valence-electron chi connectivity index (χ1n) is 6.21. The normalized spacial score (nSPS) is 12.3. The van der Waals surface area contributed by atoms with E-state index in [1.165, 1.54) is 12.1 Å². The Morgan fingerprint density at radius 1 is 1.14 bits per heavy atom. The number of nitrogens with one attached hydrogen (secondary N) is 1. The van der Waals surface area contributed by atoms with Crippen molar-refractivity contribution >= 4 is 34.2 Å². The number of halogens is 4. The first-order valence-corrected chi connectivity index (χ1v) is 7.81. The summed E-state index contributed by atoms with van der Waals surface area (Å²) in [7, 11) is 0. The molecule has 7 heteroatoms. The third-order valence-corrected chi connectivity index (χ3v) is 3.83. The Labute approximate surface area is 135 Å². The molecule has 0 fully saturated rings. The largest absolute Gasteiger partial charge is 0.416 e. The molecule has 2 rings (SSSR count). The van der Waals surface area contributed by atoms with E-state index in [4.69, 9.17) is 11.6 Å². The molecule has 0 radical (unpaired) electrons. The molecule has 0 aliphatic heterocycles. The zero-order valence-electron chi connectivity index (χ0n) is 11.5. The molecular weight excluding hydrogens is 333 g/mol. The van der Waals surface area contributed by atoms with E-state index in [0.717, 1.165) is 22.6 Å². The molecule has 0 aromatic heterocycles. The fourth-order valence-corrected chi connectivity index (χ4v) is 2.28. The van der Waals surface area contributed by atoms with E-state index >= 15 is 0 Å². The van der Waals surface area contributed by atoms with Crippen molar-refractivity contribution in [2.75, 3.05) is 11.7 Å². The van der Waals surface area contributed by atoms with Crippen LogP contribution in [-0.2, 0) is 6.18 Å². The average Bonchev–Trinajstić information content (AvgIpc) is 2.52. The summed E-state index contributed by atoms with van der Waals surface area (Å²) in [5.41, 5.74) is 3.09. The first-order chi connectivity index (χ1) is 10.4. The van der Waals surface area contributed by atoms with E-state index in [2.05, 4.69) is 10.5 Å². The first kappa shape index (κ1) is 16.7. The number of thioether (sulfide) groups is 1. The number of benzene rings is 2. The number of rotatable bonds is 4. The van der Waals surface area contributed by atoms with E-state index in [9.17, 15) is 13.2 Å². The van der Waals surface area contributed by atoms with Gasteiger partial charge in [-0.3, -0.25) is 5.43 Å². The summed E-state index contributed by atoms with van der Waals surface area (Å²) in [6.07, 6.45) is -2.40. The molecule has 0 heterocycles. The lowest BCUT2D eigenvalue weighted by atomic mass is 10.2. The number of hydrogen-bond acceptors (Lipinski definition) is 3. The second-order valence-corrected chi connectivity index (χ2v) is 5.56. The van der Waals surface area contributed by atoms with Crippen molar-refractivity contribution in [3.63, 3.8) is 0 Å². The summed E-state index contributed by atoms with van der Waals surface area (Å²) in [5, 5.41) is 4.21. The lowest BCUT2D eigenvalue weighted by Crippen LogP contribution is -2.04. The molecule has 2 nitrogen and oxygen atoms in total. The van der Waals surface area contributed by atoms with Crippen LogP contribution in [0.1, 0.15) is 11.1 Å². The molecule has 0 aliphatic carbocycles. The van der Waals surface area contributed by atoms with Gasteiger partial charge in [-0.05, 0) is 42.7 Å². The lowest BCUT2D eigenvalue weighted by Gasteiger charge is -2.07. The predicted octanol–water partition coefficient (Wildman–Crippen LogP) is 5.44. The van der Waals surface area contributed by atoms with Gasteiger partial charge < -0.3 is 0 Å². The molecule has 0 amide bonds. The molecule has 0 saturated carbocycles. The molecule has 0 saturated heterocycles. The molecule has 0 spiro atoms. The molecule has 116 valence electrons. The fourth-order valence-electron chi connectivity index (χ4n) is 1.66. The van der Waals surface area contributed by atoms with Gasteiger partial charge in [-0.1, -0.05) is 23.7 Å². The van der Waals surface area contributed by atoms with Crippen LogP contribution in [0.2, 0.25) is 0 Å². The van der Waals surface area contributed by atoms with E-state index in [0.29, 0.717) is 5.69 Å². The molecular formula is C15H12ClF3N2S. The fraction of sp³-hybridized carbons (Fsp3) is 0.133. The summed E-state index contributed by atoms with van der Waals surface area (Å²) < 4.78 is 37.4. The highest BCUT2D eigenvalue weighted by molar-refractivity contribution is 7.98. The minimum Gasteiger partial charge on any atom is -0.277 e. The Morgan fingerprint density at radius 3 is 2.41 bits per heavy atom. The maximum atomic E-state index is 12.5. The lowest BCUT2D eigenvalue weighted by molar-refractivity contribution is -0.137. The SMILES string of the molecule is CSc1cccc(C(Cl)=NNc2ccc(C(F)(F)F)cc2)c1. The third kappa shape index (κ3) is 4.42. The predicted molar refractivity (Wildman–Crippen MR) is 85.7 cm³/mol. The molecule has 2 aromatic carbocycles. The maximum Gasteiger partial charge on any atom is 0.416 e. The van der Waals surface area contributed by atoms with Gasteiger partial charge in [-0.25, -0.2) is 0 Å². The molecule has 0 unspecified atom stereocenters. The van der Waals surface area contributed by atoms with Crippen LogP contribution < -0.4 is 5.43 Å². The summed E-state index contributed by atoms with van der Waals surface area (Å²) >= 11 is 7.67. The Kier molecular flexibility index (Phi) is 5.37. The Bertz CT molecular complexity index is 669. The molecule has 22 heavy (non-hydrogen) atoms. The second-order valence-electron chi connectivity index (χ2n) is 4.32. The van der Waals surface area contributed by atoms with Crippen LogP contribution >= 0.6 is 23.4 Å².